The van der Waals surface area contributed by atoms with Gasteiger partial charge in [-0.2, -0.15) is 0 Å². The minimum Gasteiger partial charge on any atom is -0.497 e. The third-order valence-corrected chi connectivity index (χ3v) is 8.75. The van der Waals surface area contributed by atoms with Gasteiger partial charge in [0.2, 0.25) is 11.8 Å². The summed E-state index contributed by atoms with van der Waals surface area (Å²) in [5.41, 5.74) is 1.72. The molecule has 0 radical (unpaired) electrons. The fourth-order valence-electron chi connectivity index (χ4n) is 5.59. The molecule has 212 valence electrons. The van der Waals surface area contributed by atoms with Crippen molar-refractivity contribution in [2.75, 3.05) is 39.6 Å². The Morgan fingerprint density at radius 2 is 1.70 bits per heavy atom. The lowest BCUT2D eigenvalue weighted by molar-refractivity contribution is -0.145. The fourth-order valence-corrected chi connectivity index (χ4v) is 6.44. The fraction of sp³-hybridized carbons (Fsp3) is 0.467. The minimum atomic E-state index is 0.0137. The van der Waals surface area contributed by atoms with Crippen LogP contribution in [0, 0.1) is 5.92 Å². The molecule has 2 aliphatic rings. The molecule has 0 spiro atoms. The van der Waals surface area contributed by atoms with E-state index in [1.807, 2.05) is 69.8 Å². The predicted octanol–water partition coefficient (Wildman–Crippen LogP) is 4.68. The Hall–Kier alpha value is -3.53. The molecule has 0 bridgehead atoms. The Morgan fingerprint density at radius 1 is 0.950 bits per heavy atom. The molecule has 1 saturated carbocycles. The largest absolute Gasteiger partial charge is 0.497 e. The van der Waals surface area contributed by atoms with Gasteiger partial charge < -0.3 is 19.3 Å². The molecule has 2 amide bonds. The number of piperazine rings is 1. The Labute approximate surface area is 239 Å². The van der Waals surface area contributed by atoms with Gasteiger partial charge in [-0.1, -0.05) is 43.2 Å². The van der Waals surface area contributed by atoms with Gasteiger partial charge in [-0.05, 0) is 56.2 Å². The first-order valence-corrected chi connectivity index (χ1v) is 14.9. The van der Waals surface area contributed by atoms with Crippen LogP contribution < -0.4 is 9.47 Å². The van der Waals surface area contributed by atoms with E-state index in [0.717, 1.165) is 48.4 Å². The first kappa shape index (κ1) is 28.0. The van der Waals surface area contributed by atoms with Crippen LogP contribution in [0.1, 0.15) is 39.0 Å². The van der Waals surface area contributed by atoms with Gasteiger partial charge in [0.05, 0.1) is 20.0 Å². The van der Waals surface area contributed by atoms with E-state index in [0.29, 0.717) is 30.6 Å². The number of ether oxygens (including phenoxy) is 2. The van der Waals surface area contributed by atoms with E-state index in [1.54, 1.807) is 14.2 Å². The van der Waals surface area contributed by atoms with Gasteiger partial charge in [-0.25, -0.2) is 0 Å². The Kier molecular flexibility index (Phi) is 8.94. The van der Waals surface area contributed by atoms with Gasteiger partial charge in [0.25, 0.3) is 0 Å². The molecule has 2 fully saturated rings. The van der Waals surface area contributed by atoms with Crippen LogP contribution >= 0.6 is 11.8 Å². The lowest BCUT2D eigenvalue weighted by Gasteiger charge is -2.41. The number of methoxy groups -OCH3 is 2. The summed E-state index contributed by atoms with van der Waals surface area (Å²) in [6.45, 7) is 3.75. The lowest BCUT2D eigenvalue weighted by atomic mass is 9.88. The third-order valence-electron chi connectivity index (χ3n) is 7.83. The third kappa shape index (κ3) is 6.11. The van der Waals surface area contributed by atoms with E-state index in [1.165, 1.54) is 18.2 Å². The number of carbonyl (C=O) groups is 2. The Bertz CT molecular complexity index is 1320. The molecule has 0 N–H and O–H groups in total. The van der Waals surface area contributed by atoms with Gasteiger partial charge in [0.15, 0.2) is 11.0 Å². The van der Waals surface area contributed by atoms with Crippen LogP contribution in [0.5, 0.6) is 11.5 Å². The molecule has 1 unspecified atom stereocenters. The number of nitrogens with zero attached hydrogens (tertiary/aromatic N) is 5. The van der Waals surface area contributed by atoms with Crippen molar-refractivity contribution < 1.29 is 19.1 Å². The topological polar surface area (TPSA) is 89.8 Å². The minimum absolute atomic E-state index is 0.0137. The average Bonchev–Trinajstić information content (AvgIpc) is 3.44. The quantitative estimate of drug-likeness (QED) is 0.368. The summed E-state index contributed by atoms with van der Waals surface area (Å²) in [5, 5.41) is 9.58. The number of rotatable bonds is 8. The van der Waals surface area contributed by atoms with Crippen LogP contribution in [0.25, 0.3) is 17.1 Å². The summed E-state index contributed by atoms with van der Waals surface area (Å²) in [6.07, 6.45) is 5.50. The van der Waals surface area contributed by atoms with Gasteiger partial charge in [-0.3, -0.25) is 14.2 Å². The number of hydrogen-bond donors (Lipinski definition) is 0. The molecule has 2 aromatic carbocycles. The van der Waals surface area contributed by atoms with E-state index in [2.05, 4.69) is 10.2 Å². The molecule has 1 saturated heterocycles. The standard InChI is InChI=1S/C30H37N5O4S/c1-21-19-33(16-17-34(21)29(37)22-8-5-4-6-9-22)27(36)20-40-30-32-31-28(23-10-7-11-26(18-23)39-3)35(30)24-12-14-25(38-2)15-13-24/h7,10-15,18,21-22H,4-6,8-9,16-17,19-20H2,1-3H3. The van der Waals surface area contributed by atoms with Crippen LogP contribution in [-0.4, -0.2) is 82.0 Å². The van der Waals surface area contributed by atoms with Gasteiger partial charge in [0.1, 0.15) is 11.5 Å². The van der Waals surface area contributed by atoms with Crippen LogP contribution in [0.4, 0.5) is 0 Å². The summed E-state index contributed by atoms with van der Waals surface area (Å²) < 4.78 is 12.7. The highest BCUT2D eigenvalue weighted by molar-refractivity contribution is 7.99. The van der Waals surface area contributed by atoms with E-state index in [9.17, 15) is 9.59 Å². The van der Waals surface area contributed by atoms with Crippen LogP contribution in [0.3, 0.4) is 0 Å². The summed E-state index contributed by atoms with van der Waals surface area (Å²) >= 11 is 1.37. The number of carbonyl (C=O) groups excluding carboxylic acids is 2. The second-order valence-corrected chi connectivity index (χ2v) is 11.4. The van der Waals surface area contributed by atoms with Crippen molar-refractivity contribution in [1.29, 1.82) is 0 Å². The Balaban J connectivity index is 1.29. The highest BCUT2D eigenvalue weighted by Crippen LogP contribution is 2.31. The molecule has 10 heteroatoms. The molecular formula is C30H37N5O4S. The zero-order chi connectivity index (χ0) is 28.1. The van der Waals surface area contributed by atoms with Crippen molar-refractivity contribution in [3.05, 3.63) is 48.5 Å². The Morgan fingerprint density at radius 3 is 2.40 bits per heavy atom. The molecule has 1 aliphatic carbocycles. The first-order chi connectivity index (χ1) is 19.5. The second-order valence-electron chi connectivity index (χ2n) is 10.4. The van der Waals surface area contributed by atoms with Crippen molar-refractivity contribution in [3.63, 3.8) is 0 Å². The lowest BCUT2D eigenvalue weighted by Crippen LogP contribution is -2.57. The molecule has 2 heterocycles. The maximum atomic E-state index is 13.3. The predicted molar refractivity (Wildman–Crippen MR) is 155 cm³/mol. The van der Waals surface area contributed by atoms with Gasteiger partial charge in [0, 0.05) is 42.8 Å². The first-order valence-electron chi connectivity index (χ1n) is 13.9. The van der Waals surface area contributed by atoms with Gasteiger partial charge >= 0.3 is 0 Å². The SMILES string of the molecule is COc1ccc(-n2c(SCC(=O)N3CCN(C(=O)C4CCCCC4)C(C)C3)nnc2-c2cccc(OC)c2)cc1. The summed E-state index contributed by atoms with van der Waals surface area (Å²) in [7, 11) is 3.27. The molecule has 1 aromatic heterocycles. The molecule has 3 aromatic rings. The molecular weight excluding hydrogens is 526 g/mol. The molecule has 5 rings (SSSR count). The number of aromatic nitrogens is 3. The highest BCUT2D eigenvalue weighted by Gasteiger charge is 2.33. The van der Waals surface area contributed by atoms with Crippen molar-refractivity contribution in [2.45, 2.75) is 50.2 Å². The van der Waals surface area contributed by atoms with Gasteiger partial charge in [-0.15, -0.1) is 10.2 Å². The van der Waals surface area contributed by atoms with Crippen molar-refractivity contribution in [3.8, 4) is 28.6 Å². The summed E-state index contributed by atoms with van der Waals surface area (Å²) in [6, 6.07) is 15.4. The normalized spacial score (nSPS) is 18.0. The average molecular weight is 564 g/mol. The molecule has 40 heavy (non-hydrogen) atoms. The van der Waals surface area contributed by atoms with Crippen molar-refractivity contribution in [2.24, 2.45) is 5.92 Å². The van der Waals surface area contributed by atoms with Crippen LogP contribution in [0.15, 0.2) is 53.7 Å². The molecule has 1 aliphatic heterocycles. The number of benzene rings is 2. The number of hydrogen-bond acceptors (Lipinski definition) is 7. The van der Waals surface area contributed by atoms with E-state index >= 15 is 0 Å². The zero-order valence-corrected chi connectivity index (χ0v) is 24.2. The number of amides is 2. The molecule has 9 nitrogen and oxygen atoms in total. The van der Waals surface area contributed by atoms with Crippen molar-refractivity contribution >= 4 is 23.6 Å². The smallest absolute Gasteiger partial charge is 0.233 e. The molecule has 1 atom stereocenters. The maximum absolute atomic E-state index is 13.3. The van der Waals surface area contributed by atoms with E-state index in [4.69, 9.17) is 9.47 Å². The van der Waals surface area contributed by atoms with E-state index in [-0.39, 0.29) is 29.5 Å². The van der Waals surface area contributed by atoms with Crippen LogP contribution in [-0.2, 0) is 9.59 Å². The summed E-state index contributed by atoms with van der Waals surface area (Å²) in [4.78, 5) is 30.3. The van der Waals surface area contributed by atoms with Crippen LogP contribution in [0.2, 0.25) is 0 Å². The number of thioether (sulfide) groups is 1. The second kappa shape index (κ2) is 12.8. The van der Waals surface area contributed by atoms with E-state index < -0.39 is 0 Å². The van der Waals surface area contributed by atoms with Crippen molar-refractivity contribution in [1.82, 2.24) is 24.6 Å². The highest BCUT2D eigenvalue weighted by atomic mass is 32.2. The monoisotopic (exact) mass is 563 g/mol. The summed E-state index contributed by atoms with van der Waals surface area (Å²) in [5.74, 6) is 2.82. The zero-order valence-electron chi connectivity index (χ0n) is 23.4. The maximum Gasteiger partial charge on any atom is 0.233 e.